The Labute approximate surface area is 77.4 Å². The summed E-state index contributed by atoms with van der Waals surface area (Å²) in [5.41, 5.74) is 6.87. The Morgan fingerprint density at radius 1 is 1.62 bits per heavy atom. The second-order valence-corrected chi connectivity index (χ2v) is 2.96. The number of pyridine rings is 1. The molecular formula is C9H13N3O. The number of nitrogens with zero attached hydrogens (tertiary/aromatic N) is 2. The van der Waals surface area contributed by atoms with Crippen LogP contribution in [0.3, 0.4) is 0 Å². The maximum absolute atomic E-state index is 10.7. The average Bonchev–Trinajstić information content (AvgIpc) is 2.04. The first kappa shape index (κ1) is 9.51. The van der Waals surface area contributed by atoms with E-state index in [9.17, 15) is 4.79 Å². The van der Waals surface area contributed by atoms with Gasteiger partial charge < -0.3 is 10.6 Å². The fourth-order valence-electron chi connectivity index (χ4n) is 1.01. The van der Waals surface area contributed by atoms with Crippen molar-refractivity contribution in [1.82, 2.24) is 9.88 Å². The van der Waals surface area contributed by atoms with Crippen LogP contribution in [0.4, 0.5) is 4.79 Å². The van der Waals surface area contributed by atoms with Gasteiger partial charge in [0.2, 0.25) is 0 Å². The van der Waals surface area contributed by atoms with Gasteiger partial charge in [-0.3, -0.25) is 4.98 Å². The molecule has 0 spiro atoms. The van der Waals surface area contributed by atoms with Gasteiger partial charge >= 0.3 is 6.03 Å². The van der Waals surface area contributed by atoms with Gasteiger partial charge in [-0.05, 0) is 19.1 Å². The smallest absolute Gasteiger partial charge is 0.314 e. The van der Waals surface area contributed by atoms with Crippen molar-refractivity contribution in [2.75, 3.05) is 7.05 Å². The van der Waals surface area contributed by atoms with E-state index in [1.807, 2.05) is 25.1 Å². The van der Waals surface area contributed by atoms with E-state index in [2.05, 4.69) is 4.98 Å². The van der Waals surface area contributed by atoms with Crippen LogP contribution in [0.15, 0.2) is 18.2 Å². The summed E-state index contributed by atoms with van der Waals surface area (Å²) in [6, 6.07) is 5.25. The minimum atomic E-state index is -0.441. The van der Waals surface area contributed by atoms with Gasteiger partial charge in [0.25, 0.3) is 0 Å². The molecule has 1 rings (SSSR count). The molecule has 1 heterocycles. The van der Waals surface area contributed by atoms with Crippen molar-refractivity contribution in [2.45, 2.75) is 13.5 Å². The minimum absolute atomic E-state index is 0.441. The number of aryl methyl sites for hydroxylation is 1. The fraction of sp³-hybridized carbons (Fsp3) is 0.333. The molecule has 70 valence electrons. The standard InChI is InChI=1S/C9H13N3O/c1-7-4-3-5-8(11-7)6-12(2)9(10)13/h3-5H,6H2,1-2H3,(H2,10,13). The summed E-state index contributed by atoms with van der Waals surface area (Å²) in [5, 5.41) is 0. The van der Waals surface area contributed by atoms with Crippen LogP contribution in [0, 0.1) is 6.92 Å². The summed E-state index contributed by atoms with van der Waals surface area (Å²) in [4.78, 5) is 16.4. The predicted octanol–water partition coefficient (Wildman–Crippen LogP) is 0.901. The molecule has 0 aromatic carbocycles. The first-order chi connectivity index (χ1) is 6.09. The topological polar surface area (TPSA) is 59.2 Å². The number of primary amides is 1. The van der Waals surface area contributed by atoms with Crippen molar-refractivity contribution in [3.05, 3.63) is 29.6 Å². The van der Waals surface area contributed by atoms with Crippen LogP contribution >= 0.6 is 0 Å². The Balaban J connectivity index is 2.69. The first-order valence-electron chi connectivity index (χ1n) is 4.02. The second-order valence-electron chi connectivity index (χ2n) is 2.96. The summed E-state index contributed by atoms with van der Waals surface area (Å²) in [6.07, 6.45) is 0. The zero-order valence-corrected chi connectivity index (χ0v) is 7.82. The molecule has 0 aliphatic heterocycles. The van der Waals surface area contributed by atoms with E-state index in [1.54, 1.807) is 7.05 Å². The van der Waals surface area contributed by atoms with Gasteiger partial charge in [-0.2, -0.15) is 0 Å². The number of aromatic nitrogens is 1. The highest BCUT2D eigenvalue weighted by Crippen LogP contribution is 2.00. The Kier molecular flexibility index (Phi) is 2.84. The molecule has 1 aromatic rings. The Morgan fingerprint density at radius 2 is 2.31 bits per heavy atom. The zero-order chi connectivity index (χ0) is 9.84. The molecule has 0 saturated carbocycles. The van der Waals surface area contributed by atoms with Crippen molar-refractivity contribution < 1.29 is 4.79 Å². The summed E-state index contributed by atoms with van der Waals surface area (Å²) >= 11 is 0. The predicted molar refractivity (Wildman–Crippen MR) is 50.0 cm³/mol. The van der Waals surface area contributed by atoms with Gasteiger partial charge in [0.1, 0.15) is 0 Å². The highest BCUT2D eigenvalue weighted by molar-refractivity contribution is 5.71. The molecule has 0 radical (unpaired) electrons. The number of urea groups is 1. The third-order valence-electron chi connectivity index (χ3n) is 1.72. The monoisotopic (exact) mass is 179 g/mol. The van der Waals surface area contributed by atoms with Gasteiger partial charge in [0.05, 0.1) is 12.2 Å². The van der Waals surface area contributed by atoms with E-state index < -0.39 is 6.03 Å². The average molecular weight is 179 g/mol. The lowest BCUT2D eigenvalue weighted by atomic mass is 10.3. The molecule has 4 nitrogen and oxygen atoms in total. The van der Waals surface area contributed by atoms with Crippen LogP contribution in [0.25, 0.3) is 0 Å². The van der Waals surface area contributed by atoms with Crippen LogP contribution in [0.5, 0.6) is 0 Å². The summed E-state index contributed by atoms with van der Waals surface area (Å²) in [7, 11) is 1.65. The van der Waals surface area contributed by atoms with Crippen LogP contribution in [-0.4, -0.2) is 23.0 Å². The number of nitrogens with two attached hydrogens (primary N) is 1. The van der Waals surface area contributed by atoms with E-state index in [0.29, 0.717) is 6.54 Å². The van der Waals surface area contributed by atoms with E-state index in [4.69, 9.17) is 5.73 Å². The molecule has 0 saturated heterocycles. The third kappa shape index (κ3) is 2.74. The highest BCUT2D eigenvalue weighted by atomic mass is 16.2. The maximum Gasteiger partial charge on any atom is 0.314 e. The molecule has 13 heavy (non-hydrogen) atoms. The Morgan fingerprint density at radius 3 is 2.85 bits per heavy atom. The highest BCUT2D eigenvalue weighted by Gasteiger charge is 2.04. The lowest BCUT2D eigenvalue weighted by Gasteiger charge is -2.13. The molecule has 0 fully saturated rings. The molecule has 2 amide bonds. The molecule has 2 N–H and O–H groups in total. The lowest BCUT2D eigenvalue weighted by molar-refractivity contribution is 0.216. The molecule has 0 bridgehead atoms. The van der Waals surface area contributed by atoms with Gasteiger partial charge in [-0.15, -0.1) is 0 Å². The summed E-state index contributed by atoms with van der Waals surface area (Å²) < 4.78 is 0. The van der Waals surface area contributed by atoms with E-state index in [1.165, 1.54) is 4.90 Å². The van der Waals surface area contributed by atoms with Crippen molar-refractivity contribution in [1.29, 1.82) is 0 Å². The normalized spacial score (nSPS) is 9.69. The molecule has 0 aliphatic carbocycles. The van der Waals surface area contributed by atoms with E-state index in [-0.39, 0.29) is 0 Å². The molecular weight excluding hydrogens is 166 g/mol. The number of hydrogen-bond donors (Lipinski definition) is 1. The van der Waals surface area contributed by atoms with Crippen LogP contribution < -0.4 is 5.73 Å². The van der Waals surface area contributed by atoms with Crippen molar-refractivity contribution in [2.24, 2.45) is 5.73 Å². The SMILES string of the molecule is Cc1cccc(CN(C)C(N)=O)n1. The van der Waals surface area contributed by atoms with Crippen LogP contribution in [0.1, 0.15) is 11.4 Å². The van der Waals surface area contributed by atoms with Gasteiger partial charge in [0.15, 0.2) is 0 Å². The summed E-state index contributed by atoms with van der Waals surface area (Å²) in [5.74, 6) is 0. The van der Waals surface area contributed by atoms with Crippen molar-refractivity contribution >= 4 is 6.03 Å². The molecule has 0 unspecified atom stereocenters. The van der Waals surface area contributed by atoms with E-state index in [0.717, 1.165) is 11.4 Å². The third-order valence-corrected chi connectivity index (χ3v) is 1.72. The van der Waals surface area contributed by atoms with Crippen molar-refractivity contribution in [3.63, 3.8) is 0 Å². The summed E-state index contributed by atoms with van der Waals surface area (Å²) in [6.45, 7) is 2.37. The number of carbonyl (C=O) groups is 1. The van der Waals surface area contributed by atoms with Crippen molar-refractivity contribution in [3.8, 4) is 0 Å². The zero-order valence-electron chi connectivity index (χ0n) is 7.82. The first-order valence-corrected chi connectivity index (χ1v) is 4.02. The molecule has 1 aromatic heterocycles. The van der Waals surface area contributed by atoms with E-state index >= 15 is 0 Å². The number of carbonyl (C=O) groups excluding carboxylic acids is 1. The number of rotatable bonds is 2. The van der Waals surface area contributed by atoms with Crippen LogP contribution in [-0.2, 0) is 6.54 Å². The number of hydrogen-bond acceptors (Lipinski definition) is 2. The fourth-order valence-corrected chi connectivity index (χ4v) is 1.01. The second kappa shape index (κ2) is 3.89. The van der Waals surface area contributed by atoms with Gasteiger partial charge in [-0.1, -0.05) is 6.07 Å². The van der Waals surface area contributed by atoms with Gasteiger partial charge in [0, 0.05) is 12.7 Å². The minimum Gasteiger partial charge on any atom is -0.351 e. The van der Waals surface area contributed by atoms with Gasteiger partial charge in [-0.25, -0.2) is 4.79 Å². The number of amides is 2. The maximum atomic E-state index is 10.7. The lowest BCUT2D eigenvalue weighted by Crippen LogP contribution is -2.31. The Hall–Kier alpha value is -1.58. The largest absolute Gasteiger partial charge is 0.351 e. The molecule has 0 aliphatic rings. The quantitative estimate of drug-likeness (QED) is 0.733. The molecule has 4 heteroatoms. The Bertz CT molecular complexity index is 311. The van der Waals surface area contributed by atoms with Crippen LogP contribution in [0.2, 0.25) is 0 Å². The molecule has 0 atom stereocenters.